The summed E-state index contributed by atoms with van der Waals surface area (Å²) in [5, 5.41) is 0.511. The van der Waals surface area contributed by atoms with Gasteiger partial charge in [0.05, 0.1) is 10.9 Å². The Hall–Kier alpha value is -1.16. The summed E-state index contributed by atoms with van der Waals surface area (Å²) >= 11 is 3.29. The van der Waals surface area contributed by atoms with E-state index in [-0.39, 0.29) is 5.63 Å². The van der Waals surface area contributed by atoms with Crippen LogP contribution in [0.5, 0.6) is 0 Å². The number of fused-ring (bicyclic) bond motifs is 1. The van der Waals surface area contributed by atoms with Crippen molar-refractivity contribution < 1.29 is 4.42 Å². The van der Waals surface area contributed by atoms with Crippen molar-refractivity contribution in [3.63, 3.8) is 0 Å². The van der Waals surface area contributed by atoms with Gasteiger partial charge in [0, 0.05) is 10.9 Å². The highest BCUT2D eigenvalue weighted by Gasteiger charge is 2.04. The van der Waals surface area contributed by atoms with E-state index in [0.717, 1.165) is 4.47 Å². The SMILES string of the molecule is CCc1nc2ccc(Br)cc2c(=O)o1. The average Bonchev–Trinajstić information content (AvgIpc) is 2.19. The summed E-state index contributed by atoms with van der Waals surface area (Å²) in [7, 11) is 0. The van der Waals surface area contributed by atoms with Gasteiger partial charge in [0.1, 0.15) is 0 Å². The van der Waals surface area contributed by atoms with E-state index in [1.165, 1.54) is 0 Å². The van der Waals surface area contributed by atoms with E-state index >= 15 is 0 Å². The summed E-state index contributed by atoms with van der Waals surface area (Å²) < 4.78 is 5.86. The highest BCUT2D eigenvalue weighted by atomic mass is 79.9. The molecule has 4 heteroatoms. The Bertz CT molecular complexity index is 533. The number of aromatic nitrogens is 1. The summed E-state index contributed by atoms with van der Waals surface area (Å²) in [6, 6.07) is 5.37. The van der Waals surface area contributed by atoms with Crippen molar-refractivity contribution in [1.29, 1.82) is 0 Å². The molecule has 0 atom stereocenters. The predicted molar refractivity (Wildman–Crippen MR) is 57.4 cm³/mol. The molecule has 0 radical (unpaired) electrons. The molecule has 0 aliphatic rings. The molecule has 0 aliphatic carbocycles. The van der Waals surface area contributed by atoms with Crippen LogP contribution in [0.15, 0.2) is 31.9 Å². The summed E-state index contributed by atoms with van der Waals surface area (Å²) in [5.41, 5.74) is 0.356. The van der Waals surface area contributed by atoms with E-state index in [4.69, 9.17) is 4.42 Å². The molecule has 72 valence electrons. The molecule has 2 rings (SSSR count). The van der Waals surface area contributed by atoms with Gasteiger partial charge < -0.3 is 4.42 Å². The van der Waals surface area contributed by atoms with Gasteiger partial charge in [-0.1, -0.05) is 22.9 Å². The highest BCUT2D eigenvalue weighted by Crippen LogP contribution is 2.15. The maximum atomic E-state index is 11.5. The quantitative estimate of drug-likeness (QED) is 0.785. The number of aryl methyl sites for hydroxylation is 1. The Morgan fingerprint density at radius 3 is 3.00 bits per heavy atom. The van der Waals surface area contributed by atoms with Gasteiger partial charge in [-0.05, 0) is 18.2 Å². The zero-order valence-corrected chi connectivity index (χ0v) is 9.17. The molecule has 1 heterocycles. The molecule has 3 nitrogen and oxygen atoms in total. The highest BCUT2D eigenvalue weighted by molar-refractivity contribution is 9.10. The maximum absolute atomic E-state index is 11.5. The molecule has 2 aromatic rings. The minimum absolute atomic E-state index is 0.326. The minimum atomic E-state index is -0.326. The molecule has 14 heavy (non-hydrogen) atoms. The third-order valence-corrected chi connectivity index (χ3v) is 2.43. The van der Waals surface area contributed by atoms with Crippen LogP contribution in [0.4, 0.5) is 0 Å². The average molecular weight is 254 g/mol. The second-order valence-electron chi connectivity index (χ2n) is 2.91. The van der Waals surface area contributed by atoms with Crippen LogP contribution in [0.1, 0.15) is 12.8 Å². The molecule has 0 spiro atoms. The van der Waals surface area contributed by atoms with Crippen LogP contribution in [-0.4, -0.2) is 4.98 Å². The molecule has 1 aromatic heterocycles. The molecule has 0 N–H and O–H groups in total. The zero-order chi connectivity index (χ0) is 10.1. The van der Waals surface area contributed by atoms with Crippen molar-refractivity contribution in [2.24, 2.45) is 0 Å². The summed E-state index contributed by atoms with van der Waals surface area (Å²) in [5.74, 6) is 0.477. The van der Waals surface area contributed by atoms with E-state index < -0.39 is 0 Å². The molecule has 0 fully saturated rings. The number of nitrogens with zero attached hydrogens (tertiary/aromatic N) is 1. The lowest BCUT2D eigenvalue weighted by molar-refractivity contribution is 0.450. The van der Waals surface area contributed by atoms with E-state index in [1.54, 1.807) is 12.1 Å². The standard InChI is InChI=1S/C10H8BrNO2/c1-2-9-12-8-4-3-6(11)5-7(8)10(13)14-9/h3-5H,2H2,1H3. The second-order valence-corrected chi connectivity index (χ2v) is 3.83. The van der Waals surface area contributed by atoms with Gasteiger partial charge in [0.25, 0.3) is 0 Å². The lowest BCUT2D eigenvalue weighted by Crippen LogP contribution is -2.04. The molecule has 0 saturated carbocycles. The van der Waals surface area contributed by atoms with Crippen molar-refractivity contribution in [2.45, 2.75) is 13.3 Å². The fraction of sp³-hybridized carbons (Fsp3) is 0.200. The Morgan fingerprint density at radius 1 is 1.50 bits per heavy atom. The van der Waals surface area contributed by atoms with Gasteiger partial charge in [0.15, 0.2) is 5.89 Å². The Balaban J connectivity index is 2.83. The zero-order valence-electron chi connectivity index (χ0n) is 7.58. The molecule has 0 unspecified atom stereocenters. The van der Waals surface area contributed by atoms with Crippen molar-refractivity contribution in [3.05, 3.63) is 39.0 Å². The van der Waals surface area contributed by atoms with Gasteiger partial charge in [-0.25, -0.2) is 9.78 Å². The van der Waals surface area contributed by atoms with Gasteiger partial charge in [-0.3, -0.25) is 0 Å². The largest absolute Gasteiger partial charge is 0.408 e. The molecule has 1 aromatic carbocycles. The first kappa shape index (κ1) is 9.40. The number of hydrogen-bond donors (Lipinski definition) is 0. The number of hydrogen-bond acceptors (Lipinski definition) is 3. The first-order valence-electron chi connectivity index (χ1n) is 4.30. The van der Waals surface area contributed by atoms with Crippen LogP contribution >= 0.6 is 15.9 Å². The topological polar surface area (TPSA) is 43.1 Å². The van der Waals surface area contributed by atoms with Crippen LogP contribution in [0.3, 0.4) is 0 Å². The monoisotopic (exact) mass is 253 g/mol. The van der Waals surface area contributed by atoms with Crippen molar-refractivity contribution in [2.75, 3.05) is 0 Å². The van der Waals surface area contributed by atoms with E-state index in [1.807, 2.05) is 13.0 Å². The Labute approximate surface area is 88.9 Å². The molecule has 0 saturated heterocycles. The fourth-order valence-electron chi connectivity index (χ4n) is 1.24. The molecular weight excluding hydrogens is 246 g/mol. The molecular formula is C10H8BrNO2. The van der Waals surface area contributed by atoms with E-state index in [2.05, 4.69) is 20.9 Å². The number of benzene rings is 1. The normalized spacial score (nSPS) is 10.7. The Kier molecular flexibility index (Phi) is 2.37. The van der Waals surface area contributed by atoms with Gasteiger partial charge in [0.2, 0.25) is 0 Å². The van der Waals surface area contributed by atoms with Gasteiger partial charge in [-0.15, -0.1) is 0 Å². The number of halogens is 1. The van der Waals surface area contributed by atoms with Crippen molar-refractivity contribution >= 4 is 26.8 Å². The molecule has 0 aliphatic heterocycles. The van der Waals surface area contributed by atoms with Crippen molar-refractivity contribution in [3.8, 4) is 0 Å². The minimum Gasteiger partial charge on any atom is -0.408 e. The number of rotatable bonds is 1. The summed E-state index contributed by atoms with van der Waals surface area (Å²) in [4.78, 5) is 15.7. The van der Waals surface area contributed by atoms with Crippen LogP contribution in [0, 0.1) is 0 Å². The third-order valence-electron chi connectivity index (χ3n) is 1.94. The van der Waals surface area contributed by atoms with E-state index in [0.29, 0.717) is 23.2 Å². The Morgan fingerprint density at radius 2 is 2.29 bits per heavy atom. The summed E-state index contributed by atoms with van der Waals surface area (Å²) in [6.07, 6.45) is 0.626. The third kappa shape index (κ3) is 1.57. The van der Waals surface area contributed by atoms with Crippen LogP contribution in [0.2, 0.25) is 0 Å². The smallest absolute Gasteiger partial charge is 0.346 e. The summed E-state index contributed by atoms with van der Waals surface area (Å²) in [6.45, 7) is 1.90. The van der Waals surface area contributed by atoms with Crippen molar-refractivity contribution in [1.82, 2.24) is 4.98 Å². The van der Waals surface area contributed by atoms with E-state index in [9.17, 15) is 4.79 Å². The maximum Gasteiger partial charge on any atom is 0.346 e. The first-order valence-corrected chi connectivity index (χ1v) is 5.09. The fourth-order valence-corrected chi connectivity index (χ4v) is 1.60. The predicted octanol–water partition coefficient (Wildman–Crippen LogP) is 2.51. The molecule has 0 amide bonds. The lowest BCUT2D eigenvalue weighted by Gasteiger charge is -1.98. The van der Waals surface area contributed by atoms with Crippen LogP contribution in [-0.2, 0) is 6.42 Å². The molecule has 0 bridgehead atoms. The lowest BCUT2D eigenvalue weighted by atomic mass is 10.2. The van der Waals surface area contributed by atoms with Crippen LogP contribution < -0.4 is 5.63 Å². The van der Waals surface area contributed by atoms with Crippen LogP contribution in [0.25, 0.3) is 10.9 Å². The van der Waals surface area contributed by atoms with Gasteiger partial charge in [-0.2, -0.15) is 0 Å². The first-order chi connectivity index (χ1) is 6.70. The second kappa shape index (κ2) is 3.53. The van der Waals surface area contributed by atoms with Gasteiger partial charge >= 0.3 is 5.63 Å².